The summed E-state index contributed by atoms with van der Waals surface area (Å²) in [6.45, 7) is 33.6. The summed E-state index contributed by atoms with van der Waals surface area (Å²) in [5.74, 6) is 3.81. The molecule has 38 heavy (non-hydrogen) atoms. The average Bonchev–Trinajstić information content (AvgIpc) is 3.14. The SMILES string of the molecule is C=C1[C@H](C)C/C(=C/C=C2\CCC[C@@]3(C)C2CCC3[C@@H](C)[C@H](C)CCC(C)(C)C)C[C@H]1O[Si](C)(C)C(C)(C)C. The average molecular weight is 541 g/mol. The molecule has 2 heteroatoms. The van der Waals surface area contributed by atoms with Crippen LogP contribution in [0, 0.1) is 40.4 Å². The number of hydrogen-bond acceptors (Lipinski definition) is 1. The molecule has 0 amide bonds. The molecule has 3 fully saturated rings. The molecule has 7 atom stereocenters. The summed E-state index contributed by atoms with van der Waals surface area (Å²) in [4.78, 5) is 0. The Labute approximate surface area is 239 Å². The van der Waals surface area contributed by atoms with Crippen molar-refractivity contribution in [2.75, 3.05) is 0 Å². The van der Waals surface area contributed by atoms with Gasteiger partial charge in [0.2, 0.25) is 0 Å². The molecule has 3 aliphatic rings. The molecule has 0 radical (unpaired) electrons. The van der Waals surface area contributed by atoms with E-state index in [1.54, 1.807) is 11.1 Å². The first-order valence-electron chi connectivity index (χ1n) is 16.1. The zero-order valence-corrected chi connectivity index (χ0v) is 28.6. The number of hydrogen-bond donors (Lipinski definition) is 0. The van der Waals surface area contributed by atoms with Crippen molar-refractivity contribution in [3.8, 4) is 0 Å². The smallest absolute Gasteiger partial charge is 0.192 e. The lowest BCUT2D eigenvalue weighted by molar-refractivity contribution is 0.0714. The van der Waals surface area contributed by atoms with Crippen molar-refractivity contribution >= 4 is 8.32 Å². The monoisotopic (exact) mass is 540 g/mol. The maximum atomic E-state index is 6.91. The fourth-order valence-electron chi connectivity index (χ4n) is 7.77. The van der Waals surface area contributed by atoms with E-state index >= 15 is 0 Å². The summed E-state index contributed by atoms with van der Waals surface area (Å²) < 4.78 is 6.91. The highest BCUT2D eigenvalue weighted by Gasteiger charge is 2.51. The van der Waals surface area contributed by atoms with Crippen molar-refractivity contribution in [3.63, 3.8) is 0 Å². The highest BCUT2D eigenvalue weighted by Crippen LogP contribution is 2.60. The molecule has 0 spiro atoms. The predicted molar refractivity (Wildman–Crippen MR) is 171 cm³/mol. The third-order valence-corrected chi connectivity index (χ3v) is 16.2. The lowest BCUT2D eigenvalue weighted by atomic mass is 9.59. The van der Waals surface area contributed by atoms with Gasteiger partial charge in [-0.15, -0.1) is 0 Å². The van der Waals surface area contributed by atoms with Crippen LogP contribution in [0.25, 0.3) is 0 Å². The number of rotatable bonds is 7. The first kappa shape index (κ1) is 31.9. The minimum absolute atomic E-state index is 0.187. The summed E-state index contributed by atoms with van der Waals surface area (Å²) in [7, 11) is -1.82. The standard InChI is InChI=1S/C36H64OSi/c1-25(20-22-34(5,6)7)27(3)31-18-19-32-30(15-14-21-36(31,32)11)17-16-29-23-26(2)28(4)33(24-29)37-38(12,13)35(8,9)10/h16-17,25-27,31-33H,4,14-15,18-24H2,1-3,5-13H3/b29-16-,30-17+/t25-,26-,27+,31?,32?,33-,36-/m1/s1. The largest absolute Gasteiger partial charge is 0.410 e. The molecule has 3 saturated carbocycles. The van der Waals surface area contributed by atoms with Crippen molar-refractivity contribution in [2.45, 2.75) is 151 Å². The second-order valence-electron chi connectivity index (χ2n) is 16.8. The third-order valence-electron chi connectivity index (χ3n) is 11.8. The highest BCUT2D eigenvalue weighted by atomic mass is 28.4. The topological polar surface area (TPSA) is 9.23 Å². The molecule has 0 aromatic carbocycles. The molecular weight excluding hydrogens is 476 g/mol. The van der Waals surface area contributed by atoms with E-state index in [0.717, 1.165) is 36.5 Å². The summed E-state index contributed by atoms with van der Waals surface area (Å²) in [6.07, 6.45) is 17.1. The Hall–Kier alpha value is -0.603. The number of fused-ring (bicyclic) bond motifs is 1. The van der Waals surface area contributed by atoms with Crippen LogP contribution in [0.5, 0.6) is 0 Å². The van der Waals surface area contributed by atoms with Crippen LogP contribution in [0.3, 0.4) is 0 Å². The second kappa shape index (κ2) is 11.7. The van der Waals surface area contributed by atoms with E-state index in [4.69, 9.17) is 4.43 Å². The van der Waals surface area contributed by atoms with Crippen LogP contribution >= 0.6 is 0 Å². The molecule has 0 bridgehead atoms. The van der Waals surface area contributed by atoms with E-state index in [0.29, 0.717) is 16.7 Å². The molecule has 0 saturated heterocycles. The van der Waals surface area contributed by atoms with Gasteiger partial charge >= 0.3 is 0 Å². The Balaban J connectivity index is 1.74. The normalized spacial score (nSPS) is 35.0. The summed E-state index contributed by atoms with van der Waals surface area (Å²) >= 11 is 0. The van der Waals surface area contributed by atoms with Gasteiger partial charge in [0, 0.05) is 0 Å². The van der Waals surface area contributed by atoms with Crippen molar-refractivity contribution in [3.05, 3.63) is 35.5 Å². The molecule has 0 aliphatic heterocycles. The van der Waals surface area contributed by atoms with Gasteiger partial charge in [0.25, 0.3) is 0 Å². The van der Waals surface area contributed by atoms with Crippen LogP contribution in [-0.2, 0) is 4.43 Å². The van der Waals surface area contributed by atoms with Gasteiger partial charge < -0.3 is 4.43 Å². The van der Waals surface area contributed by atoms with E-state index in [1.807, 2.05) is 0 Å². The van der Waals surface area contributed by atoms with E-state index < -0.39 is 8.32 Å². The van der Waals surface area contributed by atoms with Crippen LogP contribution < -0.4 is 0 Å². The van der Waals surface area contributed by atoms with E-state index in [-0.39, 0.29) is 11.1 Å². The van der Waals surface area contributed by atoms with Gasteiger partial charge in [-0.25, -0.2) is 0 Å². The molecule has 0 heterocycles. The quantitative estimate of drug-likeness (QED) is 0.230. The molecule has 3 rings (SSSR count). The molecule has 218 valence electrons. The van der Waals surface area contributed by atoms with Gasteiger partial charge in [-0.2, -0.15) is 0 Å². The molecule has 1 nitrogen and oxygen atoms in total. The van der Waals surface area contributed by atoms with Gasteiger partial charge in [0.1, 0.15) is 0 Å². The Morgan fingerprint density at radius 3 is 2.32 bits per heavy atom. The minimum Gasteiger partial charge on any atom is -0.410 e. The van der Waals surface area contributed by atoms with Crippen molar-refractivity contribution in [1.29, 1.82) is 0 Å². The van der Waals surface area contributed by atoms with Crippen LogP contribution in [0.15, 0.2) is 35.5 Å². The highest BCUT2D eigenvalue weighted by molar-refractivity contribution is 6.74. The fourth-order valence-corrected chi connectivity index (χ4v) is 9.07. The molecule has 0 aromatic rings. The zero-order valence-electron chi connectivity index (χ0n) is 27.6. The molecule has 0 aromatic heterocycles. The first-order chi connectivity index (χ1) is 17.4. The minimum atomic E-state index is -1.82. The summed E-state index contributed by atoms with van der Waals surface area (Å²) in [6, 6.07) is 0. The van der Waals surface area contributed by atoms with Crippen LogP contribution in [0.4, 0.5) is 0 Å². The van der Waals surface area contributed by atoms with Crippen LogP contribution in [0.2, 0.25) is 18.1 Å². The predicted octanol–water partition coefficient (Wildman–Crippen LogP) is 11.5. The lowest BCUT2D eigenvalue weighted by Gasteiger charge is -2.45. The van der Waals surface area contributed by atoms with Gasteiger partial charge in [-0.3, -0.25) is 0 Å². The maximum absolute atomic E-state index is 6.91. The summed E-state index contributed by atoms with van der Waals surface area (Å²) in [5, 5.41) is 0.229. The van der Waals surface area contributed by atoms with Gasteiger partial charge in [0.05, 0.1) is 6.10 Å². The van der Waals surface area contributed by atoms with Crippen LogP contribution in [-0.4, -0.2) is 14.4 Å². The Morgan fingerprint density at radius 1 is 1.05 bits per heavy atom. The van der Waals surface area contributed by atoms with Gasteiger partial charge in [0.15, 0.2) is 8.32 Å². The van der Waals surface area contributed by atoms with Crippen molar-refractivity contribution in [1.82, 2.24) is 0 Å². The molecule has 2 unspecified atom stereocenters. The van der Waals surface area contributed by atoms with Crippen LogP contribution in [0.1, 0.15) is 127 Å². The first-order valence-corrected chi connectivity index (χ1v) is 19.0. The third kappa shape index (κ3) is 7.18. The van der Waals surface area contributed by atoms with E-state index in [1.165, 1.54) is 50.5 Å². The molecule has 3 aliphatic carbocycles. The summed E-state index contributed by atoms with van der Waals surface area (Å²) in [5.41, 5.74) is 5.58. The molecular formula is C36H64OSi. The Morgan fingerprint density at radius 2 is 1.71 bits per heavy atom. The van der Waals surface area contributed by atoms with Gasteiger partial charge in [-0.05, 0) is 122 Å². The van der Waals surface area contributed by atoms with Gasteiger partial charge in [-0.1, -0.05) is 99.1 Å². The second-order valence-corrected chi connectivity index (χ2v) is 21.6. The Kier molecular flexibility index (Phi) is 9.84. The molecule has 0 N–H and O–H groups in total. The Bertz CT molecular complexity index is 893. The fraction of sp³-hybridized carbons (Fsp3) is 0.833. The maximum Gasteiger partial charge on any atom is 0.192 e. The lowest BCUT2D eigenvalue weighted by Crippen LogP contribution is -2.45. The van der Waals surface area contributed by atoms with E-state index in [9.17, 15) is 0 Å². The zero-order chi connectivity index (χ0) is 28.7. The van der Waals surface area contributed by atoms with Crippen molar-refractivity contribution in [2.24, 2.45) is 40.4 Å². The number of allylic oxidation sites excluding steroid dienone is 3. The van der Waals surface area contributed by atoms with E-state index in [2.05, 4.69) is 101 Å². The van der Waals surface area contributed by atoms with Crippen molar-refractivity contribution < 1.29 is 4.43 Å².